The van der Waals surface area contributed by atoms with E-state index in [-0.39, 0.29) is 12.2 Å². The molecule has 23 heavy (non-hydrogen) atoms. The van der Waals surface area contributed by atoms with Crippen LogP contribution in [0.25, 0.3) is 5.76 Å². The normalized spacial score (nSPS) is 12.3. The quantitative estimate of drug-likeness (QED) is 0.237. The molecule has 0 bridgehead atoms. The maximum Gasteiger partial charge on any atom is 0.347 e. The number of halogens is 1. The van der Waals surface area contributed by atoms with E-state index in [1.54, 1.807) is 0 Å². The van der Waals surface area contributed by atoms with Gasteiger partial charge in [0.15, 0.2) is 11.3 Å². The molecular weight excluding hydrogens is 309 g/mol. The second kappa shape index (κ2) is 7.74. The summed E-state index contributed by atoms with van der Waals surface area (Å²) in [6, 6.07) is 4.48. The highest BCUT2D eigenvalue weighted by Gasteiger charge is 2.26. The number of hydrogen-bond acceptors (Lipinski definition) is 6. The van der Waals surface area contributed by atoms with Gasteiger partial charge in [0, 0.05) is 11.6 Å². The lowest BCUT2D eigenvalue weighted by Gasteiger charge is -2.05. The molecule has 8 heteroatoms. The Kier molecular flexibility index (Phi) is 6.02. The number of rotatable bonds is 6. The molecule has 0 aromatic heterocycles. The van der Waals surface area contributed by atoms with Crippen molar-refractivity contribution in [2.24, 2.45) is 5.73 Å². The summed E-state index contributed by atoms with van der Waals surface area (Å²) in [6.07, 6.45) is 0.560. The van der Waals surface area contributed by atoms with Crippen LogP contribution < -0.4 is 5.73 Å². The summed E-state index contributed by atoms with van der Waals surface area (Å²) in [7, 11) is 0. The van der Waals surface area contributed by atoms with Gasteiger partial charge in [0.2, 0.25) is 5.78 Å². The largest absolute Gasteiger partial charge is 0.507 e. The van der Waals surface area contributed by atoms with E-state index >= 15 is 0 Å². The molecule has 0 radical (unpaired) electrons. The first-order valence-corrected chi connectivity index (χ1v) is 6.39. The minimum atomic E-state index is -1.36. The molecule has 4 N–H and O–H groups in total. The SMILES string of the molecule is CCOC(=O)/C(C(N)=O)=C(/O)C(=O)C=C(O)c1ccc(F)cc1. The van der Waals surface area contributed by atoms with Gasteiger partial charge in [-0.3, -0.25) is 9.59 Å². The molecule has 0 heterocycles. The van der Waals surface area contributed by atoms with Crippen molar-refractivity contribution in [3.63, 3.8) is 0 Å². The van der Waals surface area contributed by atoms with E-state index in [4.69, 9.17) is 5.73 Å². The smallest absolute Gasteiger partial charge is 0.347 e. The summed E-state index contributed by atoms with van der Waals surface area (Å²) in [6.45, 7) is 1.35. The first kappa shape index (κ1) is 17.9. The van der Waals surface area contributed by atoms with E-state index in [0.29, 0.717) is 6.08 Å². The fourth-order valence-electron chi connectivity index (χ4n) is 1.54. The minimum absolute atomic E-state index is 0.0873. The number of nitrogens with two attached hydrogens (primary N) is 1. The van der Waals surface area contributed by atoms with Gasteiger partial charge in [0.05, 0.1) is 6.61 Å². The Morgan fingerprint density at radius 2 is 1.78 bits per heavy atom. The standard InChI is InChI=1S/C15H14FNO6/c1-2-23-15(22)12(14(17)21)13(20)11(19)7-10(18)8-3-5-9(16)6-4-8/h3-7,18,20H,2H2,1H3,(H2,17,21)/b10-7?,13-12+. The van der Waals surface area contributed by atoms with Crippen LogP contribution in [0.1, 0.15) is 12.5 Å². The highest BCUT2D eigenvalue weighted by molar-refractivity contribution is 6.22. The van der Waals surface area contributed by atoms with Gasteiger partial charge in [0.25, 0.3) is 5.91 Å². The van der Waals surface area contributed by atoms with Crippen molar-refractivity contribution < 1.29 is 33.7 Å². The van der Waals surface area contributed by atoms with Crippen LogP contribution in [-0.2, 0) is 19.1 Å². The van der Waals surface area contributed by atoms with E-state index in [2.05, 4.69) is 4.74 Å². The molecule has 0 aliphatic rings. The molecule has 0 saturated heterocycles. The molecule has 0 spiro atoms. The van der Waals surface area contributed by atoms with Crippen LogP contribution in [0.2, 0.25) is 0 Å². The molecule has 0 aliphatic carbocycles. The molecule has 122 valence electrons. The number of hydrogen-bond donors (Lipinski definition) is 3. The Morgan fingerprint density at radius 1 is 1.22 bits per heavy atom. The van der Waals surface area contributed by atoms with Gasteiger partial charge in [-0.05, 0) is 31.2 Å². The molecule has 7 nitrogen and oxygen atoms in total. The lowest BCUT2D eigenvalue weighted by molar-refractivity contribution is -0.140. The Morgan fingerprint density at radius 3 is 2.26 bits per heavy atom. The summed E-state index contributed by atoms with van der Waals surface area (Å²) < 4.78 is 17.3. The van der Waals surface area contributed by atoms with Gasteiger partial charge in [-0.1, -0.05) is 0 Å². The van der Waals surface area contributed by atoms with E-state index in [1.807, 2.05) is 0 Å². The fourth-order valence-corrected chi connectivity index (χ4v) is 1.54. The minimum Gasteiger partial charge on any atom is -0.507 e. The molecule has 1 aromatic rings. The van der Waals surface area contributed by atoms with Crippen molar-refractivity contribution in [3.05, 3.63) is 53.1 Å². The highest BCUT2D eigenvalue weighted by atomic mass is 19.1. The average molecular weight is 323 g/mol. The van der Waals surface area contributed by atoms with E-state index in [1.165, 1.54) is 19.1 Å². The number of allylic oxidation sites excluding steroid dienone is 1. The van der Waals surface area contributed by atoms with E-state index in [0.717, 1.165) is 12.1 Å². The summed E-state index contributed by atoms with van der Waals surface area (Å²) in [5, 5.41) is 19.4. The molecule has 0 fully saturated rings. The third-order valence-electron chi connectivity index (χ3n) is 2.60. The molecule has 0 unspecified atom stereocenters. The van der Waals surface area contributed by atoms with Crippen LogP contribution in [0.5, 0.6) is 0 Å². The second-order valence-electron chi connectivity index (χ2n) is 4.21. The first-order valence-electron chi connectivity index (χ1n) is 6.39. The third-order valence-corrected chi connectivity index (χ3v) is 2.60. The van der Waals surface area contributed by atoms with Gasteiger partial charge >= 0.3 is 5.97 Å². The number of ether oxygens (including phenoxy) is 1. The number of carbonyl (C=O) groups excluding carboxylic acids is 3. The van der Waals surface area contributed by atoms with Crippen LogP contribution in [0.3, 0.4) is 0 Å². The number of carbonyl (C=O) groups is 3. The number of amides is 1. The number of aliphatic hydroxyl groups excluding tert-OH is 2. The van der Waals surface area contributed by atoms with Gasteiger partial charge in [-0.2, -0.15) is 0 Å². The summed E-state index contributed by atoms with van der Waals surface area (Å²) in [5.41, 5.74) is 3.99. The Bertz CT molecular complexity index is 690. The lowest BCUT2D eigenvalue weighted by Crippen LogP contribution is -2.26. The summed E-state index contributed by atoms with van der Waals surface area (Å²) in [4.78, 5) is 34.5. The number of ketones is 1. The van der Waals surface area contributed by atoms with E-state index in [9.17, 15) is 29.0 Å². The van der Waals surface area contributed by atoms with Crippen LogP contribution >= 0.6 is 0 Å². The van der Waals surface area contributed by atoms with Crippen LogP contribution in [0.4, 0.5) is 4.39 Å². The maximum atomic E-state index is 12.8. The zero-order chi connectivity index (χ0) is 17.6. The lowest BCUT2D eigenvalue weighted by atomic mass is 10.1. The Labute approximate surface area is 130 Å². The van der Waals surface area contributed by atoms with Gasteiger partial charge in [-0.15, -0.1) is 0 Å². The molecule has 0 saturated carbocycles. The fraction of sp³-hybridized carbons (Fsp3) is 0.133. The monoisotopic (exact) mass is 323 g/mol. The van der Waals surface area contributed by atoms with Crippen molar-refractivity contribution in [1.82, 2.24) is 0 Å². The van der Waals surface area contributed by atoms with Crippen molar-refractivity contribution in [2.45, 2.75) is 6.92 Å². The van der Waals surface area contributed by atoms with Gasteiger partial charge in [-0.25, -0.2) is 9.18 Å². The molecule has 1 rings (SSSR count). The summed E-state index contributed by atoms with van der Waals surface area (Å²) in [5.74, 6) is -6.27. The number of aliphatic hydroxyl groups is 2. The van der Waals surface area contributed by atoms with Crippen molar-refractivity contribution in [2.75, 3.05) is 6.61 Å². The molecule has 0 atom stereocenters. The zero-order valence-corrected chi connectivity index (χ0v) is 12.1. The number of esters is 1. The van der Waals surface area contributed by atoms with E-state index < -0.39 is 40.6 Å². The zero-order valence-electron chi connectivity index (χ0n) is 12.1. The topological polar surface area (TPSA) is 127 Å². The highest BCUT2D eigenvalue weighted by Crippen LogP contribution is 2.14. The van der Waals surface area contributed by atoms with Crippen molar-refractivity contribution >= 4 is 23.4 Å². The van der Waals surface area contributed by atoms with Crippen LogP contribution in [0, 0.1) is 5.82 Å². The molecule has 0 aliphatic heterocycles. The number of benzene rings is 1. The first-order chi connectivity index (χ1) is 10.8. The Balaban J connectivity index is 3.16. The molecular formula is C15H14FNO6. The van der Waals surface area contributed by atoms with Crippen molar-refractivity contribution in [3.8, 4) is 0 Å². The average Bonchev–Trinajstić information content (AvgIpc) is 2.47. The van der Waals surface area contributed by atoms with Crippen molar-refractivity contribution in [1.29, 1.82) is 0 Å². The van der Waals surface area contributed by atoms with Crippen LogP contribution in [0.15, 0.2) is 41.7 Å². The van der Waals surface area contributed by atoms with Crippen LogP contribution in [-0.4, -0.2) is 34.5 Å². The molecule has 1 amide bonds. The number of primary amides is 1. The molecule has 1 aromatic carbocycles. The summed E-state index contributed by atoms with van der Waals surface area (Å²) >= 11 is 0. The third kappa shape index (κ3) is 4.67. The van der Waals surface area contributed by atoms with Gasteiger partial charge in [0.1, 0.15) is 11.6 Å². The predicted octanol–water partition coefficient (Wildman–Crippen LogP) is 1.15. The Hall–Kier alpha value is -3.16. The predicted molar refractivity (Wildman–Crippen MR) is 77.5 cm³/mol. The second-order valence-corrected chi connectivity index (χ2v) is 4.21. The maximum absolute atomic E-state index is 12.8. The van der Waals surface area contributed by atoms with Gasteiger partial charge < -0.3 is 20.7 Å².